The zero-order valence-electron chi connectivity index (χ0n) is 18.2. The summed E-state index contributed by atoms with van der Waals surface area (Å²) in [6.45, 7) is 7.65. The number of alkyl halides is 3. The fraction of sp³-hybridized carbons (Fsp3) is 0.571. The van der Waals surface area contributed by atoms with Gasteiger partial charge >= 0.3 is 0 Å². The van der Waals surface area contributed by atoms with E-state index in [1.54, 1.807) is 26.4 Å². The van der Waals surface area contributed by atoms with Gasteiger partial charge < -0.3 is 19.7 Å². The molecule has 1 saturated heterocycles. The van der Waals surface area contributed by atoms with Crippen molar-refractivity contribution in [3.05, 3.63) is 24.0 Å². The lowest BCUT2D eigenvalue weighted by molar-refractivity contribution is 0.197. The van der Waals surface area contributed by atoms with E-state index in [9.17, 15) is 0 Å². The second-order valence-electron chi connectivity index (χ2n) is 7.99. The Hall–Kier alpha value is -1.54. The predicted octanol–water partition coefficient (Wildman–Crippen LogP) is 4.91. The summed E-state index contributed by atoms with van der Waals surface area (Å²) >= 11 is 18.3. The van der Waals surface area contributed by atoms with Gasteiger partial charge in [-0.1, -0.05) is 48.7 Å². The molecule has 10 heteroatoms. The van der Waals surface area contributed by atoms with E-state index in [0.29, 0.717) is 34.8 Å². The van der Waals surface area contributed by atoms with Crippen LogP contribution in [0.25, 0.3) is 11.4 Å². The van der Waals surface area contributed by atoms with E-state index in [0.717, 1.165) is 32.5 Å². The standard InChI is InChI=1S/C21H28Cl3N5O2/c1-13(2)12-29-9-7-15(8-10-29)25-20-27-18(26-19(28-20)21(22,23)24)14-5-6-16(30-3)17(11-14)31-4/h5-6,11,13,15H,7-10,12H2,1-4H3,(H,25,26,27,28). The molecule has 2 aromatic rings. The van der Waals surface area contributed by atoms with Gasteiger partial charge in [0.15, 0.2) is 23.1 Å². The SMILES string of the molecule is COc1ccc(-c2nc(NC3CCN(CC(C)C)CC3)nc(C(Cl)(Cl)Cl)n2)cc1OC. The van der Waals surface area contributed by atoms with Crippen LogP contribution < -0.4 is 14.8 Å². The zero-order valence-corrected chi connectivity index (χ0v) is 20.4. The highest BCUT2D eigenvalue weighted by atomic mass is 35.6. The first-order chi connectivity index (χ1) is 14.7. The number of nitrogens with zero attached hydrogens (tertiary/aromatic N) is 4. The number of nitrogens with one attached hydrogen (secondary N) is 1. The van der Waals surface area contributed by atoms with E-state index in [2.05, 4.69) is 39.0 Å². The van der Waals surface area contributed by atoms with Crippen molar-refractivity contribution in [3.8, 4) is 22.9 Å². The maximum Gasteiger partial charge on any atom is 0.250 e. The number of aromatic nitrogens is 3. The first-order valence-electron chi connectivity index (χ1n) is 10.2. The van der Waals surface area contributed by atoms with Gasteiger partial charge in [-0.25, -0.2) is 4.98 Å². The predicted molar refractivity (Wildman–Crippen MR) is 126 cm³/mol. The third-order valence-electron chi connectivity index (χ3n) is 5.07. The van der Waals surface area contributed by atoms with Gasteiger partial charge in [0.25, 0.3) is 0 Å². The molecule has 170 valence electrons. The monoisotopic (exact) mass is 487 g/mol. The largest absolute Gasteiger partial charge is 0.493 e. The van der Waals surface area contributed by atoms with Crippen molar-refractivity contribution in [1.29, 1.82) is 0 Å². The number of hydrogen-bond acceptors (Lipinski definition) is 7. The molecule has 1 aliphatic rings. The van der Waals surface area contributed by atoms with Crippen molar-refractivity contribution in [1.82, 2.24) is 19.9 Å². The number of benzene rings is 1. The Kier molecular flexibility index (Phi) is 8.08. The van der Waals surface area contributed by atoms with Crippen molar-refractivity contribution < 1.29 is 9.47 Å². The zero-order chi connectivity index (χ0) is 22.6. The summed E-state index contributed by atoms with van der Waals surface area (Å²) in [5.74, 6) is 2.66. The van der Waals surface area contributed by atoms with Gasteiger partial charge in [0.2, 0.25) is 9.74 Å². The van der Waals surface area contributed by atoms with Crippen molar-refractivity contribution in [2.75, 3.05) is 39.2 Å². The molecule has 1 aromatic carbocycles. The quantitative estimate of drug-likeness (QED) is 0.555. The summed E-state index contributed by atoms with van der Waals surface area (Å²) in [5.41, 5.74) is 0.699. The summed E-state index contributed by atoms with van der Waals surface area (Å²) in [6, 6.07) is 5.63. The van der Waals surface area contributed by atoms with Crippen molar-refractivity contribution in [2.24, 2.45) is 5.92 Å². The Bertz CT molecular complexity index is 884. The molecule has 1 N–H and O–H groups in total. The van der Waals surface area contributed by atoms with E-state index in [-0.39, 0.29) is 11.9 Å². The number of piperidine rings is 1. The molecule has 1 aliphatic heterocycles. The molecule has 7 nitrogen and oxygen atoms in total. The Morgan fingerprint density at radius 2 is 1.74 bits per heavy atom. The topological polar surface area (TPSA) is 72.4 Å². The van der Waals surface area contributed by atoms with Crippen LogP contribution in [0.4, 0.5) is 5.95 Å². The van der Waals surface area contributed by atoms with Gasteiger partial charge in [-0.05, 0) is 37.0 Å². The van der Waals surface area contributed by atoms with Gasteiger partial charge in [-0.15, -0.1) is 0 Å². The summed E-state index contributed by atoms with van der Waals surface area (Å²) in [7, 11) is 3.15. The minimum absolute atomic E-state index is 0.0667. The normalized spacial score (nSPS) is 15.9. The van der Waals surface area contributed by atoms with Crippen LogP contribution >= 0.6 is 34.8 Å². The summed E-state index contributed by atoms with van der Waals surface area (Å²) in [5, 5.41) is 3.41. The number of hydrogen-bond donors (Lipinski definition) is 1. The third-order valence-corrected chi connectivity index (χ3v) is 5.58. The van der Waals surface area contributed by atoms with Crippen LogP contribution in [0.2, 0.25) is 0 Å². The fourth-order valence-electron chi connectivity index (χ4n) is 3.63. The summed E-state index contributed by atoms with van der Waals surface area (Å²) < 4.78 is 8.92. The van der Waals surface area contributed by atoms with E-state index >= 15 is 0 Å². The van der Waals surface area contributed by atoms with E-state index in [1.807, 2.05) is 6.07 Å². The van der Waals surface area contributed by atoms with Crippen LogP contribution in [-0.2, 0) is 3.79 Å². The van der Waals surface area contributed by atoms with Crippen LogP contribution in [0, 0.1) is 5.92 Å². The van der Waals surface area contributed by atoms with E-state index in [4.69, 9.17) is 44.3 Å². The Labute approximate surface area is 198 Å². The molecule has 0 spiro atoms. The molecule has 0 aliphatic carbocycles. The number of methoxy groups -OCH3 is 2. The maximum absolute atomic E-state index is 6.11. The van der Waals surface area contributed by atoms with E-state index < -0.39 is 3.79 Å². The Morgan fingerprint density at radius 3 is 2.32 bits per heavy atom. The van der Waals surface area contributed by atoms with Gasteiger partial charge in [0, 0.05) is 31.2 Å². The smallest absolute Gasteiger partial charge is 0.250 e. The molecular formula is C21H28Cl3N5O2. The molecule has 0 atom stereocenters. The van der Waals surface area contributed by atoms with Gasteiger partial charge in [-0.3, -0.25) is 0 Å². The number of anilines is 1. The highest BCUT2D eigenvalue weighted by molar-refractivity contribution is 6.66. The minimum Gasteiger partial charge on any atom is -0.493 e. The highest BCUT2D eigenvalue weighted by Crippen LogP contribution is 2.38. The third kappa shape index (κ3) is 6.48. The average Bonchev–Trinajstić information content (AvgIpc) is 2.73. The molecular weight excluding hydrogens is 461 g/mol. The van der Waals surface area contributed by atoms with Crippen LogP contribution in [-0.4, -0.2) is 59.7 Å². The molecule has 0 saturated carbocycles. The Balaban J connectivity index is 1.85. The number of rotatable bonds is 7. The summed E-state index contributed by atoms with van der Waals surface area (Å²) in [6.07, 6.45) is 1.99. The molecule has 0 bridgehead atoms. The minimum atomic E-state index is -1.77. The molecule has 1 aromatic heterocycles. The molecule has 0 radical (unpaired) electrons. The molecule has 0 amide bonds. The highest BCUT2D eigenvalue weighted by Gasteiger charge is 2.29. The second-order valence-corrected chi connectivity index (χ2v) is 10.3. The first kappa shape index (κ1) is 24.1. The fourth-order valence-corrected chi connectivity index (χ4v) is 3.88. The molecule has 0 unspecified atom stereocenters. The van der Waals surface area contributed by atoms with Crippen molar-refractivity contribution in [3.63, 3.8) is 0 Å². The Morgan fingerprint density at radius 1 is 1.06 bits per heavy atom. The van der Waals surface area contributed by atoms with Crippen LogP contribution in [0.15, 0.2) is 18.2 Å². The lowest BCUT2D eigenvalue weighted by Crippen LogP contribution is -2.41. The maximum atomic E-state index is 6.11. The van der Waals surface area contributed by atoms with Crippen LogP contribution in [0.5, 0.6) is 11.5 Å². The molecule has 2 heterocycles. The van der Waals surface area contributed by atoms with Crippen molar-refractivity contribution in [2.45, 2.75) is 36.5 Å². The number of ether oxygens (including phenoxy) is 2. The van der Waals surface area contributed by atoms with Crippen molar-refractivity contribution >= 4 is 40.8 Å². The van der Waals surface area contributed by atoms with Gasteiger partial charge in [0.1, 0.15) is 0 Å². The van der Waals surface area contributed by atoms with E-state index in [1.165, 1.54) is 0 Å². The lowest BCUT2D eigenvalue weighted by Gasteiger charge is -2.33. The first-order valence-corrected chi connectivity index (χ1v) is 11.4. The number of likely N-dealkylation sites (tertiary alicyclic amines) is 1. The lowest BCUT2D eigenvalue weighted by atomic mass is 10.0. The van der Waals surface area contributed by atoms with Crippen LogP contribution in [0.3, 0.4) is 0 Å². The van der Waals surface area contributed by atoms with Crippen LogP contribution in [0.1, 0.15) is 32.5 Å². The second kappa shape index (κ2) is 10.4. The number of halogens is 3. The molecule has 31 heavy (non-hydrogen) atoms. The average molecular weight is 489 g/mol. The molecule has 1 fully saturated rings. The molecule has 3 rings (SSSR count). The van der Waals surface area contributed by atoms with Gasteiger partial charge in [-0.2, -0.15) is 9.97 Å². The van der Waals surface area contributed by atoms with Gasteiger partial charge in [0.05, 0.1) is 14.2 Å². The summed E-state index contributed by atoms with van der Waals surface area (Å²) in [4.78, 5) is 15.8.